The van der Waals surface area contributed by atoms with E-state index < -0.39 is 0 Å². The van der Waals surface area contributed by atoms with Crippen LogP contribution in [0, 0.1) is 0 Å². The van der Waals surface area contributed by atoms with Gasteiger partial charge in [-0.15, -0.1) is 0 Å². The molecule has 0 aromatic carbocycles. The summed E-state index contributed by atoms with van der Waals surface area (Å²) in [7, 11) is 3.67. The van der Waals surface area contributed by atoms with Crippen molar-refractivity contribution in [3.05, 3.63) is 0 Å². The normalized spacial score (nSPS) is 14.2. The third-order valence-corrected chi connectivity index (χ3v) is 4.73. The summed E-state index contributed by atoms with van der Waals surface area (Å²) in [6.07, 6.45) is 19.8. The van der Waals surface area contributed by atoms with Crippen molar-refractivity contribution < 1.29 is 9.47 Å². The van der Waals surface area contributed by atoms with E-state index in [1.807, 2.05) is 14.2 Å². The standard InChI is InChI=1S/C20H42O2/c1-5-16-20(22-4)18-15-13-11-9-7-6-8-10-12-14-17-19(2)21-3/h19-20H,5-18H2,1-4H3. The Morgan fingerprint density at radius 3 is 1.45 bits per heavy atom. The van der Waals surface area contributed by atoms with Gasteiger partial charge >= 0.3 is 0 Å². The molecule has 134 valence electrons. The SMILES string of the molecule is CCCC(CCCCCCCCCCCCC(C)OC)OC. The Kier molecular flexibility index (Phi) is 17.2. The van der Waals surface area contributed by atoms with Crippen molar-refractivity contribution in [2.75, 3.05) is 14.2 Å². The molecule has 0 aromatic rings. The van der Waals surface area contributed by atoms with Gasteiger partial charge in [-0.1, -0.05) is 77.6 Å². The second-order valence-corrected chi connectivity index (χ2v) is 6.81. The van der Waals surface area contributed by atoms with Crippen molar-refractivity contribution >= 4 is 0 Å². The molecule has 0 bridgehead atoms. The van der Waals surface area contributed by atoms with Gasteiger partial charge in [-0.2, -0.15) is 0 Å². The van der Waals surface area contributed by atoms with Crippen LogP contribution in [0.4, 0.5) is 0 Å². The first-order valence-electron chi connectivity index (χ1n) is 9.80. The molecular weight excluding hydrogens is 272 g/mol. The van der Waals surface area contributed by atoms with E-state index in [0.29, 0.717) is 12.2 Å². The molecule has 0 N–H and O–H groups in total. The average Bonchev–Trinajstić information content (AvgIpc) is 2.54. The summed E-state index contributed by atoms with van der Waals surface area (Å²) in [5.74, 6) is 0. The highest BCUT2D eigenvalue weighted by Gasteiger charge is 2.04. The van der Waals surface area contributed by atoms with Crippen LogP contribution in [-0.2, 0) is 9.47 Å². The molecule has 2 nitrogen and oxygen atoms in total. The maximum atomic E-state index is 5.50. The van der Waals surface area contributed by atoms with E-state index in [1.165, 1.54) is 89.9 Å². The molecule has 0 aliphatic heterocycles. The van der Waals surface area contributed by atoms with E-state index >= 15 is 0 Å². The van der Waals surface area contributed by atoms with E-state index in [4.69, 9.17) is 9.47 Å². The minimum absolute atomic E-state index is 0.440. The van der Waals surface area contributed by atoms with E-state index in [2.05, 4.69) is 13.8 Å². The molecule has 0 aromatic heterocycles. The highest BCUT2D eigenvalue weighted by molar-refractivity contribution is 4.57. The molecule has 0 heterocycles. The molecule has 0 amide bonds. The predicted molar refractivity (Wildman–Crippen MR) is 97.6 cm³/mol. The Morgan fingerprint density at radius 2 is 1.05 bits per heavy atom. The molecule has 0 fully saturated rings. The number of rotatable bonds is 17. The zero-order valence-electron chi connectivity index (χ0n) is 15.9. The van der Waals surface area contributed by atoms with Gasteiger partial charge in [0.2, 0.25) is 0 Å². The summed E-state index contributed by atoms with van der Waals surface area (Å²) >= 11 is 0. The summed E-state index contributed by atoms with van der Waals surface area (Å²) in [6, 6.07) is 0. The van der Waals surface area contributed by atoms with Gasteiger partial charge in [0.1, 0.15) is 0 Å². The molecule has 0 aliphatic carbocycles. The van der Waals surface area contributed by atoms with Crippen LogP contribution < -0.4 is 0 Å². The van der Waals surface area contributed by atoms with Crippen molar-refractivity contribution in [1.29, 1.82) is 0 Å². The van der Waals surface area contributed by atoms with Crippen molar-refractivity contribution in [2.45, 2.75) is 116 Å². The van der Waals surface area contributed by atoms with Gasteiger partial charge in [0, 0.05) is 14.2 Å². The lowest BCUT2D eigenvalue weighted by Gasteiger charge is -2.13. The van der Waals surface area contributed by atoms with Gasteiger partial charge in [0.25, 0.3) is 0 Å². The van der Waals surface area contributed by atoms with Gasteiger partial charge < -0.3 is 9.47 Å². The van der Waals surface area contributed by atoms with E-state index in [0.717, 1.165) is 0 Å². The zero-order chi connectivity index (χ0) is 16.5. The first-order valence-corrected chi connectivity index (χ1v) is 9.80. The molecule has 22 heavy (non-hydrogen) atoms. The first kappa shape index (κ1) is 21.9. The average molecular weight is 315 g/mol. The topological polar surface area (TPSA) is 18.5 Å². The summed E-state index contributed by atoms with van der Waals surface area (Å²) in [6.45, 7) is 4.40. The Hall–Kier alpha value is -0.0800. The Bertz CT molecular complexity index is 206. The molecule has 0 saturated carbocycles. The predicted octanol–water partition coefficient (Wildman–Crippen LogP) is 6.52. The fraction of sp³-hybridized carbons (Fsp3) is 1.00. The van der Waals surface area contributed by atoms with Crippen LogP contribution in [0.15, 0.2) is 0 Å². The van der Waals surface area contributed by atoms with Crippen LogP contribution in [0.5, 0.6) is 0 Å². The van der Waals surface area contributed by atoms with Crippen molar-refractivity contribution in [2.24, 2.45) is 0 Å². The second-order valence-electron chi connectivity index (χ2n) is 6.81. The lowest BCUT2D eigenvalue weighted by Crippen LogP contribution is -2.09. The van der Waals surface area contributed by atoms with E-state index in [1.54, 1.807) is 0 Å². The fourth-order valence-electron chi connectivity index (χ4n) is 3.04. The van der Waals surface area contributed by atoms with Crippen molar-refractivity contribution in [3.63, 3.8) is 0 Å². The minimum atomic E-state index is 0.440. The molecule has 2 unspecified atom stereocenters. The lowest BCUT2D eigenvalue weighted by atomic mass is 10.0. The molecular formula is C20H42O2. The molecule has 0 spiro atoms. The van der Waals surface area contributed by atoms with Crippen LogP contribution in [0.2, 0.25) is 0 Å². The van der Waals surface area contributed by atoms with Crippen molar-refractivity contribution in [1.82, 2.24) is 0 Å². The smallest absolute Gasteiger partial charge is 0.0571 e. The van der Waals surface area contributed by atoms with Gasteiger partial charge in [-0.05, 0) is 26.2 Å². The van der Waals surface area contributed by atoms with Crippen LogP contribution in [0.1, 0.15) is 104 Å². The van der Waals surface area contributed by atoms with Gasteiger partial charge in [-0.3, -0.25) is 0 Å². The number of ether oxygens (including phenoxy) is 2. The largest absolute Gasteiger partial charge is 0.382 e. The minimum Gasteiger partial charge on any atom is -0.382 e. The van der Waals surface area contributed by atoms with Crippen molar-refractivity contribution in [3.8, 4) is 0 Å². The van der Waals surface area contributed by atoms with Gasteiger partial charge in [0.15, 0.2) is 0 Å². The fourth-order valence-corrected chi connectivity index (χ4v) is 3.04. The maximum absolute atomic E-state index is 5.50. The summed E-state index contributed by atoms with van der Waals surface area (Å²) in [4.78, 5) is 0. The van der Waals surface area contributed by atoms with Crippen LogP contribution >= 0.6 is 0 Å². The monoisotopic (exact) mass is 314 g/mol. The summed E-state index contributed by atoms with van der Waals surface area (Å²) < 4.78 is 10.8. The quantitative estimate of drug-likeness (QED) is 0.285. The van der Waals surface area contributed by atoms with E-state index in [9.17, 15) is 0 Å². The highest BCUT2D eigenvalue weighted by atomic mass is 16.5. The first-order chi connectivity index (χ1) is 10.7. The molecule has 0 rings (SSSR count). The molecule has 0 radical (unpaired) electrons. The molecule has 0 aliphatic rings. The number of hydrogen-bond donors (Lipinski definition) is 0. The Morgan fingerprint density at radius 1 is 0.591 bits per heavy atom. The van der Waals surface area contributed by atoms with Gasteiger partial charge in [0.05, 0.1) is 12.2 Å². The summed E-state index contributed by atoms with van der Waals surface area (Å²) in [5.41, 5.74) is 0. The van der Waals surface area contributed by atoms with E-state index in [-0.39, 0.29) is 0 Å². The zero-order valence-corrected chi connectivity index (χ0v) is 15.9. The Balaban J connectivity index is 3.14. The third-order valence-electron chi connectivity index (χ3n) is 4.73. The number of methoxy groups -OCH3 is 2. The van der Waals surface area contributed by atoms with Crippen LogP contribution in [0.3, 0.4) is 0 Å². The Labute approximate surface area is 140 Å². The van der Waals surface area contributed by atoms with Crippen LogP contribution in [0.25, 0.3) is 0 Å². The van der Waals surface area contributed by atoms with Gasteiger partial charge in [-0.25, -0.2) is 0 Å². The lowest BCUT2D eigenvalue weighted by molar-refractivity contribution is 0.0849. The molecule has 0 saturated heterocycles. The molecule has 2 atom stereocenters. The summed E-state index contributed by atoms with van der Waals surface area (Å²) in [5, 5.41) is 0. The second kappa shape index (κ2) is 17.3. The third kappa shape index (κ3) is 14.8. The molecule has 2 heteroatoms. The number of hydrogen-bond acceptors (Lipinski definition) is 2. The maximum Gasteiger partial charge on any atom is 0.0571 e. The number of unbranched alkanes of at least 4 members (excludes halogenated alkanes) is 9. The van der Waals surface area contributed by atoms with Crippen LogP contribution in [-0.4, -0.2) is 26.4 Å². The highest BCUT2D eigenvalue weighted by Crippen LogP contribution is 2.15.